The Bertz CT molecular complexity index is 441. The van der Waals surface area contributed by atoms with E-state index >= 15 is 0 Å². The van der Waals surface area contributed by atoms with Gasteiger partial charge >= 0.3 is 5.97 Å². The summed E-state index contributed by atoms with van der Waals surface area (Å²) < 4.78 is 6.55. The molecule has 3 nitrogen and oxygen atoms in total. The quantitative estimate of drug-likeness (QED) is 0.465. The Balaban J connectivity index is 2.70. The van der Waals surface area contributed by atoms with Crippen molar-refractivity contribution in [2.45, 2.75) is 26.4 Å². The summed E-state index contributed by atoms with van der Waals surface area (Å²) in [4.78, 5) is 23.1. The minimum absolute atomic E-state index is 0.202. The minimum Gasteiger partial charge on any atom is -0.463 e. The summed E-state index contributed by atoms with van der Waals surface area (Å²) in [5, 5.41) is 0. The predicted octanol–water partition coefficient (Wildman–Crippen LogP) is 3.74. The third-order valence-corrected chi connectivity index (χ3v) is 3.79. The van der Waals surface area contributed by atoms with Gasteiger partial charge in [-0.05, 0) is 57.8 Å². The SMILES string of the molecule is CC(C)OC(=O)CC(=O)c1ccc(Br)c(Br)c1. The highest BCUT2D eigenvalue weighted by molar-refractivity contribution is 9.13. The molecule has 0 atom stereocenters. The first-order valence-corrected chi connectivity index (χ1v) is 6.66. The third kappa shape index (κ3) is 4.60. The summed E-state index contributed by atoms with van der Waals surface area (Å²) in [6, 6.07) is 5.10. The Morgan fingerprint density at radius 1 is 1.24 bits per heavy atom. The summed E-state index contributed by atoms with van der Waals surface area (Å²) in [6.07, 6.45) is -0.432. The van der Waals surface area contributed by atoms with Gasteiger partial charge < -0.3 is 4.74 Å². The molecule has 0 saturated heterocycles. The molecule has 0 radical (unpaired) electrons. The fourth-order valence-electron chi connectivity index (χ4n) is 1.21. The van der Waals surface area contributed by atoms with Gasteiger partial charge in [-0.3, -0.25) is 9.59 Å². The molecular formula is C12H12Br2O3. The second-order valence-electron chi connectivity index (χ2n) is 3.77. The second-order valence-corrected chi connectivity index (χ2v) is 5.48. The molecule has 92 valence electrons. The molecule has 1 aromatic rings. The van der Waals surface area contributed by atoms with Crippen molar-refractivity contribution >= 4 is 43.6 Å². The standard InChI is InChI=1S/C12H12Br2O3/c1-7(2)17-12(16)6-11(15)8-3-4-9(13)10(14)5-8/h3-5,7H,6H2,1-2H3. The van der Waals surface area contributed by atoms with Crippen LogP contribution in [0.4, 0.5) is 0 Å². The van der Waals surface area contributed by atoms with E-state index in [1.54, 1.807) is 32.0 Å². The van der Waals surface area contributed by atoms with E-state index in [1.807, 2.05) is 0 Å². The Labute approximate surface area is 117 Å². The van der Waals surface area contributed by atoms with Crippen molar-refractivity contribution in [3.05, 3.63) is 32.7 Å². The maximum atomic E-state index is 11.8. The first-order chi connectivity index (χ1) is 7.90. The van der Waals surface area contributed by atoms with Crippen LogP contribution >= 0.6 is 31.9 Å². The zero-order valence-electron chi connectivity index (χ0n) is 9.50. The third-order valence-electron chi connectivity index (χ3n) is 1.91. The summed E-state index contributed by atoms with van der Waals surface area (Å²) >= 11 is 6.62. The van der Waals surface area contributed by atoms with Gasteiger partial charge in [0.2, 0.25) is 0 Å². The van der Waals surface area contributed by atoms with Gasteiger partial charge in [0.05, 0.1) is 6.10 Å². The van der Waals surface area contributed by atoms with Gasteiger partial charge in [-0.1, -0.05) is 6.07 Å². The Kier molecular flexibility index (Phi) is 5.33. The van der Waals surface area contributed by atoms with E-state index in [-0.39, 0.29) is 18.3 Å². The van der Waals surface area contributed by atoms with Crippen LogP contribution in [0.1, 0.15) is 30.6 Å². The normalized spacial score (nSPS) is 10.4. The van der Waals surface area contributed by atoms with Crippen molar-refractivity contribution in [1.82, 2.24) is 0 Å². The monoisotopic (exact) mass is 362 g/mol. The number of carbonyl (C=O) groups is 2. The van der Waals surface area contributed by atoms with Crippen molar-refractivity contribution < 1.29 is 14.3 Å². The first-order valence-electron chi connectivity index (χ1n) is 5.08. The lowest BCUT2D eigenvalue weighted by Gasteiger charge is -2.07. The van der Waals surface area contributed by atoms with Crippen LogP contribution < -0.4 is 0 Å². The second kappa shape index (κ2) is 6.31. The lowest BCUT2D eigenvalue weighted by atomic mass is 10.1. The number of halogens is 2. The van der Waals surface area contributed by atoms with E-state index in [2.05, 4.69) is 31.9 Å². The van der Waals surface area contributed by atoms with Gasteiger partial charge in [0.15, 0.2) is 5.78 Å². The van der Waals surface area contributed by atoms with E-state index in [9.17, 15) is 9.59 Å². The smallest absolute Gasteiger partial charge is 0.313 e. The van der Waals surface area contributed by atoms with Crippen molar-refractivity contribution in [2.75, 3.05) is 0 Å². The number of ether oxygens (including phenoxy) is 1. The van der Waals surface area contributed by atoms with Crippen LogP contribution in [0.2, 0.25) is 0 Å². The average Bonchev–Trinajstić information content (AvgIpc) is 2.20. The van der Waals surface area contributed by atoms with Crippen LogP contribution in [-0.2, 0) is 9.53 Å². The van der Waals surface area contributed by atoms with Crippen molar-refractivity contribution in [3.63, 3.8) is 0 Å². The maximum absolute atomic E-state index is 11.8. The van der Waals surface area contributed by atoms with E-state index in [0.29, 0.717) is 5.56 Å². The molecule has 0 fully saturated rings. The molecule has 0 heterocycles. The molecule has 1 aromatic carbocycles. The van der Waals surface area contributed by atoms with Crippen molar-refractivity contribution in [3.8, 4) is 0 Å². The molecular weight excluding hydrogens is 352 g/mol. The van der Waals surface area contributed by atoms with Gasteiger partial charge in [0.1, 0.15) is 6.42 Å². The highest BCUT2D eigenvalue weighted by Crippen LogP contribution is 2.24. The van der Waals surface area contributed by atoms with Gasteiger partial charge in [0.25, 0.3) is 0 Å². The van der Waals surface area contributed by atoms with Crippen LogP contribution in [0.5, 0.6) is 0 Å². The zero-order chi connectivity index (χ0) is 13.0. The van der Waals surface area contributed by atoms with Crippen LogP contribution in [0, 0.1) is 0 Å². The largest absolute Gasteiger partial charge is 0.463 e. The molecule has 0 aliphatic heterocycles. The van der Waals surface area contributed by atoms with Crippen LogP contribution in [-0.4, -0.2) is 17.9 Å². The number of benzene rings is 1. The van der Waals surface area contributed by atoms with Crippen LogP contribution in [0.15, 0.2) is 27.1 Å². The summed E-state index contributed by atoms with van der Waals surface area (Å²) in [7, 11) is 0. The predicted molar refractivity (Wildman–Crippen MR) is 72.0 cm³/mol. The van der Waals surface area contributed by atoms with Crippen LogP contribution in [0.3, 0.4) is 0 Å². The first kappa shape index (κ1) is 14.4. The molecule has 17 heavy (non-hydrogen) atoms. The van der Waals surface area contributed by atoms with Crippen LogP contribution in [0.25, 0.3) is 0 Å². The molecule has 0 spiro atoms. The molecule has 1 rings (SSSR count). The molecule has 0 N–H and O–H groups in total. The summed E-state index contributed by atoms with van der Waals surface area (Å²) in [5.74, 6) is -0.743. The van der Waals surface area contributed by atoms with Gasteiger partial charge in [-0.25, -0.2) is 0 Å². The number of Topliss-reactive ketones (excluding diaryl/α,β-unsaturated/α-hetero) is 1. The number of esters is 1. The molecule has 5 heteroatoms. The number of carbonyl (C=O) groups excluding carboxylic acids is 2. The molecule has 0 saturated carbocycles. The molecule has 0 unspecified atom stereocenters. The lowest BCUT2D eigenvalue weighted by molar-refractivity contribution is -0.146. The molecule has 0 amide bonds. The van der Waals surface area contributed by atoms with Gasteiger partial charge in [-0.15, -0.1) is 0 Å². The van der Waals surface area contributed by atoms with E-state index in [4.69, 9.17) is 4.74 Å². The highest BCUT2D eigenvalue weighted by atomic mass is 79.9. The topological polar surface area (TPSA) is 43.4 Å². The minimum atomic E-state index is -0.496. The number of rotatable bonds is 4. The Hall–Kier alpha value is -0.680. The molecule has 0 aliphatic rings. The summed E-state index contributed by atoms with van der Waals surface area (Å²) in [6.45, 7) is 3.50. The fourth-order valence-corrected chi connectivity index (χ4v) is 1.83. The van der Waals surface area contributed by atoms with E-state index < -0.39 is 5.97 Å². The van der Waals surface area contributed by atoms with Gasteiger partial charge in [0, 0.05) is 14.5 Å². The van der Waals surface area contributed by atoms with E-state index in [0.717, 1.165) is 8.95 Å². The average molecular weight is 364 g/mol. The van der Waals surface area contributed by atoms with Crippen molar-refractivity contribution in [1.29, 1.82) is 0 Å². The maximum Gasteiger partial charge on any atom is 0.313 e. The number of hydrogen-bond acceptors (Lipinski definition) is 3. The lowest BCUT2D eigenvalue weighted by Crippen LogP contribution is -2.15. The Morgan fingerprint density at radius 3 is 2.41 bits per heavy atom. The zero-order valence-corrected chi connectivity index (χ0v) is 12.7. The molecule has 0 aromatic heterocycles. The van der Waals surface area contributed by atoms with E-state index in [1.165, 1.54) is 0 Å². The van der Waals surface area contributed by atoms with Gasteiger partial charge in [-0.2, -0.15) is 0 Å². The number of ketones is 1. The Morgan fingerprint density at radius 2 is 1.88 bits per heavy atom. The fraction of sp³-hybridized carbons (Fsp3) is 0.333. The molecule has 0 bridgehead atoms. The number of hydrogen-bond donors (Lipinski definition) is 0. The molecule has 0 aliphatic carbocycles. The highest BCUT2D eigenvalue weighted by Gasteiger charge is 2.14. The van der Waals surface area contributed by atoms with Crippen molar-refractivity contribution in [2.24, 2.45) is 0 Å². The summed E-state index contributed by atoms with van der Waals surface area (Å²) in [5.41, 5.74) is 0.487.